The summed E-state index contributed by atoms with van der Waals surface area (Å²) in [5, 5.41) is 10.8. The number of hydrogen-bond donors (Lipinski definition) is 1. The molecule has 0 spiro atoms. The monoisotopic (exact) mass is 217 g/mol. The van der Waals surface area contributed by atoms with Gasteiger partial charge >= 0.3 is 0 Å². The molecule has 0 bridgehead atoms. The van der Waals surface area contributed by atoms with Gasteiger partial charge in [0.05, 0.1) is 12.1 Å². The minimum Gasteiger partial charge on any atom is -0.386 e. The lowest BCUT2D eigenvalue weighted by Gasteiger charge is -2.10. The van der Waals surface area contributed by atoms with Crippen LogP contribution in [0.15, 0.2) is 30.3 Å². The molecule has 0 amide bonds. The smallest absolute Gasteiger partial charge is 0.102 e. The van der Waals surface area contributed by atoms with Crippen LogP contribution in [0.5, 0.6) is 0 Å². The second-order valence-electron chi connectivity index (χ2n) is 3.88. The Labute approximate surface area is 94.7 Å². The number of pyridine rings is 1. The van der Waals surface area contributed by atoms with Crippen molar-refractivity contribution in [1.82, 2.24) is 4.98 Å². The molecule has 0 aliphatic rings. The van der Waals surface area contributed by atoms with Gasteiger partial charge in [-0.25, -0.2) is 0 Å². The van der Waals surface area contributed by atoms with Crippen molar-refractivity contribution < 1.29 is 9.84 Å². The zero-order valence-electron chi connectivity index (χ0n) is 9.47. The SMILES string of the molecule is COCC(O)c1ccc2nc(C)ccc2c1. The van der Waals surface area contributed by atoms with E-state index in [1.807, 2.05) is 37.3 Å². The predicted octanol–water partition coefficient (Wildman–Crippen LogP) is 2.22. The molecular formula is C13H15NO2. The van der Waals surface area contributed by atoms with Crippen LogP contribution in [0.25, 0.3) is 10.9 Å². The van der Waals surface area contributed by atoms with Gasteiger partial charge in [-0.3, -0.25) is 4.98 Å². The summed E-state index contributed by atoms with van der Waals surface area (Å²) in [6.07, 6.45) is -0.573. The van der Waals surface area contributed by atoms with Crippen molar-refractivity contribution in [2.75, 3.05) is 13.7 Å². The van der Waals surface area contributed by atoms with Crippen LogP contribution in [-0.2, 0) is 4.74 Å². The van der Waals surface area contributed by atoms with E-state index in [0.717, 1.165) is 22.2 Å². The Morgan fingerprint density at radius 1 is 1.31 bits per heavy atom. The molecule has 3 heteroatoms. The maximum Gasteiger partial charge on any atom is 0.102 e. The number of benzene rings is 1. The van der Waals surface area contributed by atoms with Gasteiger partial charge in [0.25, 0.3) is 0 Å². The maximum absolute atomic E-state index is 9.79. The number of nitrogens with zero attached hydrogens (tertiary/aromatic N) is 1. The zero-order valence-corrected chi connectivity index (χ0v) is 9.47. The van der Waals surface area contributed by atoms with E-state index in [-0.39, 0.29) is 0 Å². The number of rotatable bonds is 3. The van der Waals surface area contributed by atoms with Gasteiger partial charge in [-0.15, -0.1) is 0 Å². The first-order valence-corrected chi connectivity index (χ1v) is 5.25. The molecule has 2 rings (SSSR count). The molecule has 0 aliphatic heterocycles. The topological polar surface area (TPSA) is 42.4 Å². The molecule has 1 aromatic carbocycles. The summed E-state index contributed by atoms with van der Waals surface area (Å²) >= 11 is 0. The molecule has 16 heavy (non-hydrogen) atoms. The van der Waals surface area contributed by atoms with E-state index < -0.39 is 6.10 Å². The number of aliphatic hydroxyl groups excluding tert-OH is 1. The number of aliphatic hydroxyl groups is 1. The predicted molar refractivity (Wildman–Crippen MR) is 63.3 cm³/mol. The molecule has 2 aromatic rings. The van der Waals surface area contributed by atoms with Crippen LogP contribution in [0, 0.1) is 6.92 Å². The number of methoxy groups -OCH3 is 1. The molecule has 1 aromatic heterocycles. The number of aromatic nitrogens is 1. The molecule has 0 saturated heterocycles. The summed E-state index contributed by atoms with van der Waals surface area (Å²) in [7, 11) is 1.58. The van der Waals surface area contributed by atoms with Gasteiger partial charge in [0.1, 0.15) is 6.10 Å². The number of aryl methyl sites for hydroxylation is 1. The summed E-state index contributed by atoms with van der Waals surface area (Å²) in [5.74, 6) is 0. The van der Waals surface area contributed by atoms with Crippen molar-refractivity contribution in [3.05, 3.63) is 41.6 Å². The first kappa shape index (κ1) is 11.0. The fourth-order valence-electron chi connectivity index (χ4n) is 1.71. The van der Waals surface area contributed by atoms with E-state index in [2.05, 4.69) is 4.98 Å². The van der Waals surface area contributed by atoms with Crippen LogP contribution in [0.4, 0.5) is 0 Å². The van der Waals surface area contributed by atoms with Gasteiger partial charge in [-0.2, -0.15) is 0 Å². The minimum atomic E-state index is -0.573. The highest BCUT2D eigenvalue weighted by atomic mass is 16.5. The normalized spacial score (nSPS) is 12.9. The number of hydrogen-bond acceptors (Lipinski definition) is 3. The summed E-state index contributed by atoms with van der Waals surface area (Å²) in [6, 6.07) is 9.75. The highest BCUT2D eigenvalue weighted by molar-refractivity contribution is 5.79. The van der Waals surface area contributed by atoms with Crippen LogP contribution in [0.3, 0.4) is 0 Å². The van der Waals surface area contributed by atoms with Crippen LogP contribution < -0.4 is 0 Å². The van der Waals surface area contributed by atoms with E-state index >= 15 is 0 Å². The summed E-state index contributed by atoms with van der Waals surface area (Å²) < 4.78 is 4.92. The third-order valence-corrected chi connectivity index (χ3v) is 2.56. The van der Waals surface area contributed by atoms with Gasteiger partial charge in [0, 0.05) is 18.2 Å². The van der Waals surface area contributed by atoms with Crippen molar-refractivity contribution in [2.45, 2.75) is 13.0 Å². The second-order valence-corrected chi connectivity index (χ2v) is 3.88. The highest BCUT2D eigenvalue weighted by Crippen LogP contribution is 2.19. The Bertz CT molecular complexity index is 496. The fourth-order valence-corrected chi connectivity index (χ4v) is 1.71. The summed E-state index contributed by atoms with van der Waals surface area (Å²) in [4.78, 5) is 4.41. The molecule has 3 nitrogen and oxygen atoms in total. The maximum atomic E-state index is 9.79. The molecule has 1 heterocycles. The van der Waals surface area contributed by atoms with E-state index in [4.69, 9.17) is 4.74 Å². The summed E-state index contributed by atoms with van der Waals surface area (Å²) in [6.45, 7) is 2.28. The molecular weight excluding hydrogens is 202 g/mol. The van der Waals surface area contributed by atoms with Gasteiger partial charge in [-0.1, -0.05) is 12.1 Å². The fraction of sp³-hybridized carbons (Fsp3) is 0.308. The Hall–Kier alpha value is -1.45. The van der Waals surface area contributed by atoms with Crippen LogP contribution in [-0.4, -0.2) is 23.8 Å². The lowest BCUT2D eigenvalue weighted by Crippen LogP contribution is -2.04. The molecule has 0 radical (unpaired) electrons. The standard InChI is InChI=1S/C13H15NO2/c1-9-3-4-10-7-11(13(15)8-16-2)5-6-12(10)14-9/h3-7,13,15H,8H2,1-2H3. The van der Waals surface area contributed by atoms with Crippen LogP contribution >= 0.6 is 0 Å². The average molecular weight is 217 g/mol. The number of fused-ring (bicyclic) bond motifs is 1. The van der Waals surface area contributed by atoms with Gasteiger partial charge in [0.2, 0.25) is 0 Å². The van der Waals surface area contributed by atoms with Gasteiger partial charge < -0.3 is 9.84 Å². The molecule has 1 atom stereocenters. The van der Waals surface area contributed by atoms with Crippen molar-refractivity contribution in [2.24, 2.45) is 0 Å². The van der Waals surface area contributed by atoms with Crippen molar-refractivity contribution in [3.8, 4) is 0 Å². The van der Waals surface area contributed by atoms with E-state index in [1.54, 1.807) is 7.11 Å². The highest BCUT2D eigenvalue weighted by Gasteiger charge is 2.07. The van der Waals surface area contributed by atoms with Crippen LogP contribution in [0.1, 0.15) is 17.4 Å². The zero-order chi connectivity index (χ0) is 11.5. The Morgan fingerprint density at radius 2 is 2.12 bits per heavy atom. The third kappa shape index (κ3) is 2.21. The first-order valence-electron chi connectivity index (χ1n) is 5.25. The van der Waals surface area contributed by atoms with Crippen molar-refractivity contribution in [3.63, 3.8) is 0 Å². The van der Waals surface area contributed by atoms with Gasteiger partial charge in [-0.05, 0) is 30.7 Å². The number of ether oxygens (including phenoxy) is 1. The lowest BCUT2D eigenvalue weighted by atomic mass is 10.1. The Morgan fingerprint density at radius 3 is 2.88 bits per heavy atom. The minimum absolute atomic E-state index is 0.310. The van der Waals surface area contributed by atoms with E-state index in [1.165, 1.54) is 0 Å². The largest absolute Gasteiger partial charge is 0.386 e. The summed E-state index contributed by atoms with van der Waals surface area (Å²) in [5.41, 5.74) is 2.81. The Balaban J connectivity index is 2.40. The average Bonchev–Trinajstić information content (AvgIpc) is 2.28. The molecule has 1 unspecified atom stereocenters. The molecule has 0 aliphatic carbocycles. The first-order chi connectivity index (χ1) is 7.70. The van der Waals surface area contributed by atoms with Crippen molar-refractivity contribution >= 4 is 10.9 Å². The van der Waals surface area contributed by atoms with E-state index in [9.17, 15) is 5.11 Å². The molecule has 0 fully saturated rings. The van der Waals surface area contributed by atoms with Crippen LogP contribution in [0.2, 0.25) is 0 Å². The van der Waals surface area contributed by atoms with Crippen molar-refractivity contribution in [1.29, 1.82) is 0 Å². The molecule has 0 saturated carbocycles. The second kappa shape index (κ2) is 4.60. The molecule has 1 N–H and O–H groups in total. The van der Waals surface area contributed by atoms with Gasteiger partial charge in [0.15, 0.2) is 0 Å². The lowest BCUT2D eigenvalue weighted by molar-refractivity contribution is 0.0645. The third-order valence-electron chi connectivity index (χ3n) is 2.56. The quantitative estimate of drug-likeness (QED) is 0.857. The molecule has 84 valence electrons. The Kier molecular flexibility index (Phi) is 3.17. The van der Waals surface area contributed by atoms with E-state index in [0.29, 0.717) is 6.61 Å².